The molecular weight excluding hydrogens is 200 g/mol. The van der Waals surface area contributed by atoms with Gasteiger partial charge in [0, 0.05) is 6.92 Å². The lowest BCUT2D eigenvalue weighted by molar-refractivity contribution is -0.139. The van der Waals surface area contributed by atoms with Crippen LogP contribution in [-0.2, 0) is 9.53 Å². The number of rotatable bonds is 4. The molecule has 1 rings (SSSR count). The Hall–Kier alpha value is -1.83. The molecule has 0 aromatic heterocycles. The summed E-state index contributed by atoms with van der Waals surface area (Å²) in [5.74, 6) is -0.256. The molecule has 0 atom stereocenters. The molecular formula is C14H16O2. The summed E-state index contributed by atoms with van der Waals surface area (Å²) in [5.41, 5.74) is 2.37. The van der Waals surface area contributed by atoms with Crippen LogP contribution in [0, 0.1) is 0 Å². The van der Waals surface area contributed by atoms with Crippen LogP contribution >= 0.6 is 0 Å². The average molecular weight is 216 g/mol. The molecule has 0 unspecified atom stereocenters. The average Bonchev–Trinajstić information content (AvgIpc) is 2.29. The Morgan fingerprint density at radius 3 is 2.56 bits per heavy atom. The molecule has 0 N–H and O–H groups in total. The van der Waals surface area contributed by atoms with Crippen LogP contribution in [0.1, 0.15) is 19.4 Å². The molecule has 0 bridgehead atoms. The number of benzene rings is 1. The van der Waals surface area contributed by atoms with Crippen molar-refractivity contribution in [3.05, 3.63) is 54.1 Å². The maximum absolute atomic E-state index is 10.5. The van der Waals surface area contributed by atoms with E-state index in [1.807, 2.05) is 43.4 Å². The number of esters is 1. The molecule has 2 nitrogen and oxygen atoms in total. The van der Waals surface area contributed by atoms with Gasteiger partial charge in [0.25, 0.3) is 0 Å². The van der Waals surface area contributed by atoms with Crippen LogP contribution in [0.4, 0.5) is 0 Å². The summed E-state index contributed by atoms with van der Waals surface area (Å²) in [7, 11) is 0. The molecule has 0 spiro atoms. The van der Waals surface area contributed by atoms with Gasteiger partial charge in [0.15, 0.2) is 0 Å². The highest BCUT2D eigenvalue weighted by Crippen LogP contribution is 2.12. The maximum Gasteiger partial charge on any atom is 0.302 e. The van der Waals surface area contributed by atoms with Crippen molar-refractivity contribution in [2.75, 3.05) is 6.61 Å². The lowest BCUT2D eigenvalue weighted by Gasteiger charge is -1.98. The third-order valence-electron chi connectivity index (χ3n) is 2.09. The molecule has 0 aliphatic heterocycles. The van der Waals surface area contributed by atoms with E-state index in [1.165, 1.54) is 18.1 Å². The Morgan fingerprint density at radius 2 is 1.94 bits per heavy atom. The summed E-state index contributed by atoms with van der Waals surface area (Å²) in [6.07, 6.45) is 5.71. The Labute approximate surface area is 96.2 Å². The van der Waals surface area contributed by atoms with Gasteiger partial charge in [-0.25, -0.2) is 0 Å². The van der Waals surface area contributed by atoms with E-state index < -0.39 is 0 Å². The lowest BCUT2D eigenvalue weighted by Crippen LogP contribution is -1.96. The summed E-state index contributed by atoms with van der Waals surface area (Å²) >= 11 is 0. The smallest absolute Gasteiger partial charge is 0.302 e. The number of ether oxygens (including phenoxy) is 1. The summed E-state index contributed by atoms with van der Waals surface area (Å²) in [4.78, 5) is 10.5. The van der Waals surface area contributed by atoms with E-state index in [0.29, 0.717) is 6.61 Å². The fourth-order valence-corrected chi connectivity index (χ4v) is 1.23. The number of hydrogen-bond acceptors (Lipinski definition) is 2. The van der Waals surface area contributed by atoms with Gasteiger partial charge >= 0.3 is 5.97 Å². The van der Waals surface area contributed by atoms with Crippen molar-refractivity contribution in [1.82, 2.24) is 0 Å². The van der Waals surface area contributed by atoms with E-state index in [1.54, 1.807) is 0 Å². The molecule has 1 aromatic rings. The molecule has 0 aliphatic rings. The topological polar surface area (TPSA) is 26.3 Å². The van der Waals surface area contributed by atoms with Crippen molar-refractivity contribution in [2.45, 2.75) is 13.8 Å². The van der Waals surface area contributed by atoms with E-state index in [4.69, 9.17) is 4.74 Å². The van der Waals surface area contributed by atoms with Crippen LogP contribution in [-0.4, -0.2) is 12.6 Å². The van der Waals surface area contributed by atoms with Crippen LogP contribution in [0.15, 0.2) is 48.6 Å². The van der Waals surface area contributed by atoms with Gasteiger partial charge in [-0.2, -0.15) is 0 Å². The molecule has 0 heterocycles. The van der Waals surface area contributed by atoms with Crippen molar-refractivity contribution >= 4 is 11.5 Å². The van der Waals surface area contributed by atoms with E-state index in [2.05, 4.69) is 12.1 Å². The summed E-state index contributed by atoms with van der Waals surface area (Å²) in [5, 5.41) is 0. The second-order valence-corrected chi connectivity index (χ2v) is 3.45. The first-order chi connectivity index (χ1) is 7.70. The van der Waals surface area contributed by atoms with Crippen LogP contribution in [0.25, 0.3) is 5.57 Å². The zero-order chi connectivity index (χ0) is 11.8. The van der Waals surface area contributed by atoms with Crippen LogP contribution in [0.5, 0.6) is 0 Å². The van der Waals surface area contributed by atoms with Gasteiger partial charge in [0.2, 0.25) is 0 Å². The van der Waals surface area contributed by atoms with Crippen molar-refractivity contribution in [3.63, 3.8) is 0 Å². The van der Waals surface area contributed by atoms with Crippen molar-refractivity contribution in [1.29, 1.82) is 0 Å². The van der Waals surface area contributed by atoms with Gasteiger partial charge < -0.3 is 4.74 Å². The molecule has 0 saturated heterocycles. The highest BCUT2D eigenvalue weighted by atomic mass is 16.5. The normalized spacial score (nSPS) is 11.8. The summed E-state index contributed by atoms with van der Waals surface area (Å²) in [6.45, 7) is 3.78. The van der Waals surface area contributed by atoms with Gasteiger partial charge in [-0.05, 0) is 24.1 Å². The molecule has 0 fully saturated rings. The lowest BCUT2D eigenvalue weighted by atomic mass is 10.1. The highest BCUT2D eigenvalue weighted by molar-refractivity contribution is 5.66. The largest absolute Gasteiger partial charge is 0.462 e. The van der Waals surface area contributed by atoms with Crippen LogP contribution < -0.4 is 0 Å². The predicted molar refractivity (Wildman–Crippen MR) is 65.9 cm³/mol. The van der Waals surface area contributed by atoms with Crippen LogP contribution in [0.2, 0.25) is 0 Å². The second kappa shape index (κ2) is 6.62. The number of allylic oxidation sites excluding steroid dienone is 3. The Kier molecular flexibility index (Phi) is 5.06. The minimum absolute atomic E-state index is 0.256. The van der Waals surface area contributed by atoms with Gasteiger partial charge in [-0.1, -0.05) is 42.5 Å². The van der Waals surface area contributed by atoms with E-state index in [-0.39, 0.29) is 5.97 Å². The molecule has 2 heteroatoms. The standard InChI is InChI=1S/C14H16O2/c1-12(14-9-4-3-5-10-14)8-6-7-11-16-13(2)15/h3-10H,11H2,1-2H3/b7-6+,12-8+. The predicted octanol–water partition coefficient (Wildman–Crippen LogP) is 3.21. The Morgan fingerprint density at radius 1 is 1.25 bits per heavy atom. The molecule has 1 aromatic carbocycles. The fraction of sp³-hybridized carbons (Fsp3) is 0.214. The SMILES string of the molecule is CC(=O)OC/C=C/C=C(\C)c1ccccc1. The van der Waals surface area contributed by atoms with Gasteiger partial charge in [0.1, 0.15) is 6.61 Å². The molecule has 0 saturated carbocycles. The van der Waals surface area contributed by atoms with Crippen LogP contribution in [0.3, 0.4) is 0 Å². The fourth-order valence-electron chi connectivity index (χ4n) is 1.23. The Balaban J connectivity index is 2.48. The van der Waals surface area contributed by atoms with Gasteiger partial charge in [-0.15, -0.1) is 0 Å². The van der Waals surface area contributed by atoms with Crippen molar-refractivity contribution < 1.29 is 9.53 Å². The zero-order valence-corrected chi connectivity index (χ0v) is 9.64. The summed E-state index contributed by atoms with van der Waals surface area (Å²) in [6, 6.07) is 10.1. The van der Waals surface area contributed by atoms with Gasteiger partial charge in [-0.3, -0.25) is 4.79 Å². The highest BCUT2D eigenvalue weighted by Gasteiger charge is 1.91. The van der Waals surface area contributed by atoms with Crippen molar-refractivity contribution in [2.24, 2.45) is 0 Å². The quantitative estimate of drug-likeness (QED) is 0.570. The first-order valence-electron chi connectivity index (χ1n) is 5.22. The van der Waals surface area contributed by atoms with E-state index >= 15 is 0 Å². The molecule has 0 aliphatic carbocycles. The first kappa shape index (κ1) is 12.2. The minimum atomic E-state index is -0.256. The summed E-state index contributed by atoms with van der Waals surface area (Å²) < 4.78 is 4.77. The monoisotopic (exact) mass is 216 g/mol. The minimum Gasteiger partial charge on any atom is -0.462 e. The molecule has 0 radical (unpaired) electrons. The molecule has 16 heavy (non-hydrogen) atoms. The van der Waals surface area contributed by atoms with Gasteiger partial charge in [0.05, 0.1) is 0 Å². The van der Waals surface area contributed by atoms with E-state index in [0.717, 1.165) is 0 Å². The number of carbonyl (C=O) groups excluding carboxylic acids is 1. The molecule has 0 amide bonds. The number of carbonyl (C=O) groups is 1. The third-order valence-corrected chi connectivity index (χ3v) is 2.09. The Bertz CT molecular complexity index is 388. The van der Waals surface area contributed by atoms with Crippen molar-refractivity contribution in [3.8, 4) is 0 Å². The third kappa shape index (κ3) is 4.60. The first-order valence-corrected chi connectivity index (χ1v) is 5.22. The number of hydrogen-bond donors (Lipinski definition) is 0. The maximum atomic E-state index is 10.5. The van der Waals surface area contributed by atoms with E-state index in [9.17, 15) is 4.79 Å². The zero-order valence-electron chi connectivity index (χ0n) is 9.64. The second-order valence-electron chi connectivity index (χ2n) is 3.45. The molecule has 84 valence electrons.